The maximum Gasteiger partial charge on any atom is 0.0582 e. The molecule has 154 valence electrons. The van der Waals surface area contributed by atoms with Gasteiger partial charge in [0.2, 0.25) is 0 Å². The lowest BCUT2D eigenvalue weighted by Gasteiger charge is -2.37. The Morgan fingerprint density at radius 2 is 1.21 bits per heavy atom. The summed E-state index contributed by atoms with van der Waals surface area (Å²) in [6.07, 6.45) is 1.10. The monoisotopic (exact) mass is 387 g/mol. The van der Waals surface area contributed by atoms with E-state index < -0.39 is 0 Å². The number of hydrogen-bond donors (Lipinski definition) is 0. The van der Waals surface area contributed by atoms with E-state index in [4.69, 9.17) is 0 Å². The van der Waals surface area contributed by atoms with Crippen molar-refractivity contribution in [2.24, 2.45) is 0 Å². The molecule has 0 N–H and O–H groups in total. The Balaban J connectivity index is 0.000000461. The number of rotatable bonds is 1. The van der Waals surface area contributed by atoms with Crippen molar-refractivity contribution in [2.75, 3.05) is 0 Å². The molecule has 0 fully saturated rings. The lowest BCUT2D eigenvalue weighted by atomic mass is 9.71. The number of para-hydroxylation sites is 3. The first kappa shape index (κ1) is 22.7. The first-order chi connectivity index (χ1) is 14.3. The fourth-order valence-electron chi connectivity index (χ4n) is 4.38. The molecule has 0 saturated carbocycles. The van der Waals surface area contributed by atoms with Gasteiger partial charge in [-0.1, -0.05) is 110 Å². The van der Waals surface area contributed by atoms with E-state index in [1.54, 1.807) is 0 Å². The maximum atomic E-state index is 2.47. The Hall–Kier alpha value is -2.54. The zero-order chi connectivity index (χ0) is 21.6. The Bertz CT molecular complexity index is 1070. The second-order valence-electron chi connectivity index (χ2n) is 6.76. The third-order valence-electron chi connectivity index (χ3n) is 5.74. The van der Waals surface area contributed by atoms with Crippen LogP contribution in [0.5, 0.6) is 0 Å². The van der Waals surface area contributed by atoms with Crippen LogP contribution < -0.4 is 0 Å². The molecule has 1 unspecified atom stereocenters. The fourth-order valence-corrected chi connectivity index (χ4v) is 4.38. The highest BCUT2D eigenvalue weighted by Crippen LogP contribution is 2.48. The first-order valence-corrected chi connectivity index (χ1v) is 11.4. The minimum atomic E-state index is 0.0699. The summed E-state index contributed by atoms with van der Waals surface area (Å²) in [6.45, 7) is 16.7. The van der Waals surface area contributed by atoms with Gasteiger partial charge in [0.15, 0.2) is 0 Å². The van der Waals surface area contributed by atoms with Gasteiger partial charge < -0.3 is 4.57 Å². The van der Waals surface area contributed by atoms with E-state index in [1.807, 2.05) is 41.5 Å². The minimum Gasteiger partial charge on any atom is -0.309 e. The van der Waals surface area contributed by atoms with Gasteiger partial charge in [0.1, 0.15) is 0 Å². The molecule has 3 aromatic carbocycles. The molecule has 0 spiro atoms. The van der Waals surface area contributed by atoms with Gasteiger partial charge in [-0.05, 0) is 29.7 Å². The van der Waals surface area contributed by atoms with E-state index in [2.05, 4.69) is 85.1 Å². The van der Waals surface area contributed by atoms with E-state index in [9.17, 15) is 0 Å². The SMILES string of the molecule is CC.CC.CC.CCC1(C)c2ccccc2-n2c3ccccc3c3cccc1c32. The van der Waals surface area contributed by atoms with Gasteiger partial charge >= 0.3 is 0 Å². The van der Waals surface area contributed by atoms with Gasteiger partial charge in [0, 0.05) is 16.2 Å². The Labute approximate surface area is 177 Å². The number of fused-ring (bicyclic) bond motifs is 5. The van der Waals surface area contributed by atoms with Gasteiger partial charge in [-0.3, -0.25) is 0 Å². The molecule has 0 aliphatic carbocycles. The Morgan fingerprint density at radius 1 is 0.655 bits per heavy atom. The Kier molecular flexibility index (Phi) is 7.67. The van der Waals surface area contributed by atoms with Crippen LogP contribution in [-0.2, 0) is 5.41 Å². The smallest absolute Gasteiger partial charge is 0.0582 e. The maximum absolute atomic E-state index is 2.47. The van der Waals surface area contributed by atoms with Crippen molar-refractivity contribution in [3.63, 3.8) is 0 Å². The molecular weight excluding hydrogens is 350 g/mol. The molecule has 0 radical (unpaired) electrons. The van der Waals surface area contributed by atoms with E-state index in [0.29, 0.717) is 0 Å². The van der Waals surface area contributed by atoms with Crippen LogP contribution in [0.3, 0.4) is 0 Å². The summed E-state index contributed by atoms with van der Waals surface area (Å²) in [6, 6.07) is 24.5. The van der Waals surface area contributed by atoms with Crippen molar-refractivity contribution in [3.8, 4) is 5.69 Å². The average Bonchev–Trinajstić information content (AvgIpc) is 3.17. The molecule has 1 aromatic heterocycles. The van der Waals surface area contributed by atoms with Crippen molar-refractivity contribution in [1.29, 1.82) is 0 Å². The van der Waals surface area contributed by atoms with Crippen molar-refractivity contribution >= 4 is 21.8 Å². The summed E-state index contributed by atoms with van der Waals surface area (Å²) in [5, 5.41) is 2.71. The van der Waals surface area contributed by atoms with Crippen molar-refractivity contribution in [2.45, 2.75) is 67.2 Å². The van der Waals surface area contributed by atoms with E-state index >= 15 is 0 Å². The van der Waals surface area contributed by atoms with E-state index in [1.165, 1.54) is 38.6 Å². The van der Waals surface area contributed by atoms with Gasteiger partial charge in [0.05, 0.1) is 16.7 Å². The quantitative estimate of drug-likeness (QED) is 0.307. The topological polar surface area (TPSA) is 4.93 Å². The lowest BCUT2D eigenvalue weighted by molar-refractivity contribution is 0.543. The summed E-state index contributed by atoms with van der Waals surface area (Å²) in [5.41, 5.74) is 6.98. The summed E-state index contributed by atoms with van der Waals surface area (Å²) in [5.74, 6) is 0. The number of nitrogens with zero attached hydrogens (tertiary/aromatic N) is 1. The van der Waals surface area contributed by atoms with Crippen molar-refractivity contribution in [3.05, 3.63) is 77.9 Å². The molecule has 0 saturated heterocycles. The lowest BCUT2D eigenvalue weighted by Crippen LogP contribution is -2.28. The summed E-state index contributed by atoms with van der Waals surface area (Å²) in [7, 11) is 0. The molecule has 1 atom stereocenters. The first-order valence-electron chi connectivity index (χ1n) is 11.4. The summed E-state index contributed by atoms with van der Waals surface area (Å²) in [4.78, 5) is 0. The molecule has 29 heavy (non-hydrogen) atoms. The predicted molar refractivity (Wildman–Crippen MR) is 132 cm³/mol. The number of benzene rings is 3. The van der Waals surface area contributed by atoms with Crippen molar-refractivity contribution < 1.29 is 0 Å². The Morgan fingerprint density at radius 3 is 1.90 bits per heavy atom. The molecule has 1 aliphatic rings. The van der Waals surface area contributed by atoms with Crippen LogP contribution in [-0.4, -0.2) is 4.57 Å². The van der Waals surface area contributed by atoms with E-state index in [-0.39, 0.29) is 5.41 Å². The van der Waals surface area contributed by atoms with Crippen LogP contribution in [0.4, 0.5) is 0 Å². The molecule has 5 rings (SSSR count). The van der Waals surface area contributed by atoms with Gasteiger partial charge in [-0.2, -0.15) is 0 Å². The highest BCUT2D eigenvalue weighted by molar-refractivity contribution is 6.11. The number of hydrogen-bond acceptors (Lipinski definition) is 0. The molecule has 1 heteroatoms. The van der Waals surface area contributed by atoms with Crippen LogP contribution >= 0.6 is 0 Å². The van der Waals surface area contributed by atoms with Crippen molar-refractivity contribution in [1.82, 2.24) is 4.57 Å². The molecular formula is C28H37N. The zero-order valence-electron chi connectivity index (χ0n) is 19.5. The van der Waals surface area contributed by atoms with Crippen LogP contribution in [0, 0.1) is 0 Å². The average molecular weight is 388 g/mol. The zero-order valence-corrected chi connectivity index (χ0v) is 19.5. The van der Waals surface area contributed by atoms with Gasteiger partial charge in [-0.15, -0.1) is 0 Å². The second kappa shape index (κ2) is 9.78. The predicted octanol–water partition coefficient (Wildman–Crippen LogP) is 8.89. The molecule has 0 bridgehead atoms. The van der Waals surface area contributed by atoms with E-state index in [0.717, 1.165) is 6.42 Å². The minimum absolute atomic E-state index is 0.0699. The molecule has 1 nitrogen and oxygen atoms in total. The standard InChI is InChI=1S/C22H19N.3C2H6/c1-3-22(2)17-11-5-7-14-20(17)23-19-13-6-4-9-15(19)16-10-8-12-18(22)21(16)23;3*1-2/h4-14H,3H2,1-2H3;3*1-2H3. The van der Waals surface area contributed by atoms with Crippen LogP contribution in [0.25, 0.3) is 27.5 Å². The molecule has 1 aliphatic heterocycles. The summed E-state index contributed by atoms with van der Waals surface area (Å²) < 4.78 is 2.47. The fraction of sp³-hybridized carbons (Fsp3) is 0.357. The third-order valence-corrected chi connectivity index (χ3v) is 5.74. The largest absolute Gasteiger partial charge is 0.309 e. The number of aromatic nitrogens is 1. The third kappa shape index (κ3) is 3.37. The second-order valence-corrected chi connectivity index (χ2v) is 6.76. The van der Waals surface area contributed by atoms with Gasteiger partial charge in [0.25, 0.3) is 0 Å². The van der Waals surface area contributed by atoms with Crippen LogP contribution in [0.1, 0.15) is 72.9 Å². The molecule has 2 heterocycles. The molecule has 0 amide bonds. The van der Waals surface area contributed by atoms with Crippen LogP contribution in [0.2, 0.25) is 0 Å². The summed E-state index contributed by atoms with van der Waals surface area (Å²) >= 11 is 0. The highest BCUT2D eigenvalue weighted by Gasteiger charge is 2.36. The highest BCUT2D eigenvalue weighted by atomic mass is 15.0. The van der Waals surface area contributed by atoms with Gasteiger partial charge in [-0.25, -0.2) is 0 Å². The normalized spacial score (nSPS) is 15.9. The van der Waals surface area contributed by atoms with Crippen LogP contribution in [0.15, 0.2) is 66.7 Å². The molecule has 4 aromatic rings.